The molecule has 0 radical (unpaired) electrons. The van der Waals surface area contributed by atoms with Crippen molar-refractivity contribution >= 4 is 28.1 Å². The highest BCUT2D eigenvalue weighted by Gasteiger charge is 2.13. The molecule has 0 saturated carbocycles. The maximum absolute atomic E-state index is 5.74. The van der Waals surface area contributed by atoms with Gasteiger partial charge in [-0.3, -0.25) is 0 Å². The number of hydrogen-bond donors (Lipinski definition) is 1. The van der Waals surface area contributed by atoms with Gasteiger partial charge < -0.3 is 14.8 Å². The number of nitrogens with zero attached hydrogens (tertiary/aromatic N) is 1. The Kier molecular flexibility index (Phi) is 2.78. The van der Waals surface area contributed by atoms with Gasteiger partial charge in [0.05, 0.1) is 0 Å². The number of aromatic nitrogens is 1. The molecule has 0 fully saturated rings. The highest BCUT2D eigenvalue weighted by atomic mass is 35.5. The first-order chi connectivity index (χ1) is 8.31. The number of rotatable bonds is 3. The van der Waals surface area contributed by atoms with Crippen LogP contribution in [0.2, 0.25) is 5.15 Å². The van der Waals surface area contributed by atoms with Crippen LogP contribution in [0.4, 0.5) is 5.13 Å². The number of nitrogens with one attached hydrogen (secondary N) is 1. The highest BCUT2D eigenvalue weighted by molar-refractivity contribution is 7.14. The van der Waals surface area contributed by atoms with E-state index in [1.807, 2.05) is 18.2 Å². The summed E-state index contributed by atoms with van der Waals surface area (Å²) in [5, 5.41) is 6.32. The summed E-state index contributed by atoms with van der Waals surface area (Å²) in [6.07, 6.45) is 0. The summed E-state index contributed by atoms with van der Waals surface area (Å²) < 4.78 is 10.6. The third-order valence-corrected chi connectivity index (χ3v) is 3.48. The van der Waals surface area contributed by atoms with Gasteiger partial charge in [0, 0.05) is 11.9 Å². The van der Waals surface area contributed by atoms with E-state index in [-0.39, 0.29) is 0 Å². The Bertz CT molecular complexity index is 544. The third-order valence-electron chi connectivity index (χ3n) is 2.36. The van der Waals surface area contributed by atoms with E-state index in [2.05, 4.69) is 10.3 Å². The van der Waals surface area contributed by atoms with Gasteiger partial charge in [-0.05, 0) is 17.7 Å². The van der Waals surface area contributed by atoms with Crippen molar-refractivity contribution in [1.82, 2.24) is 4.98 Å². The average molecular weight is 269 g/mol. The Balaban J connectivity index is 1.69. The van der Waals surface area contributed by atoms with E-state index < -0.39 is 0 Å². The van der Waals surface area contributed by atoms with E-state index in [0.29, 0.717) is 18.5 Å². The zero-order chi connectivity index (χ0) is 11.7. The Labute approximate surface area is 107 Å². The van der Waals surface area contributed by atoms with Gasteiger partial charge in [-0.1, -0.05) is 17.7 Å². The summed E-state index contributed by atoms with van der Waals surface area (Å²) in [4.78, 5) is 4.12. The Morgan fingerprint density at radius 2 is 2.24 bits per heavy atom. The second-order valence-corrected chi connectivity index (χ2v) is 4.76. The molecule has 0 aliphatic carbocycles. The minimum Gasteiger partial charge on any atom is -0.454 e. The molecular formula is C11H9ClN2O2S. The van der Waals surface area contributed by atoms with E-state index in [4.69, 9.17) is 21.1 Å². The predicted molar refractivity (Wildman–Crippen MR) is 67.0 cm³/mol. The van der Waals surface area contributed by atoms with Crippen molar-refractivity contribution in [2.75, 3.05) is 12.1 Å². The van der Waals surface area contributed by atoms with Crippen molar-refractivity contribution < 1.29 is 9.47 Å². The minimum atomic E-state index is 0.300. The maximum Gasteiger partial charge on any atom is 0.231 e. The molecule has 1 aliphatic heterocycles. The van der Waals surface area contributed by atoms with Crippen molar-refractivity contribution in [2.45, 2.75) is 6.54 Å². The van der Waals surface area contributed by atoms with Crippen molar-refractivity contribution in [3.63, 3.8) is 0 Å². The molecule has 88 valence electrons. The first kappa shape index (κ1) is 10.7. The number of hydrogen-bond acceptors (Lipinski definition) is 5. The lowest BCUT2D eigenvalue weighted by atomic mass is 10.2. The summed E-state index contributed by atoms with van der Waals surface area (Å²) in [7, 11) is 0. The first-order valence-corrected chi connectivity index (χ1v) is 6.30. The molecule has 0 spiro atoms. The van der Waals surface area contributed by atoms with E-state index in [1.165, 1.54) is 11.3 Å². The van der Waals surface area contributed by atoms with Gasteiger partial charge in [-0.2, -0.15) is 0 Å². The van der Waals surface area contributed by atoms with Crippen molar-refractivity contribution in [3.8, 4) is 11.5 Å². The van der Waals surface area contributed by atoms with Crippen LogP contribution >= 0.6 is 22.9 Å². The van der Waals surface area contributed by atoms with Crippen LogP contribution in [0.3, 0.4) is 0 Å². The number of fused-ring (bicyclic) bond motifs is 1. The van der Waals surface area contributed by atoms with Gasteiger partial charge in [-0.25, -0.2) is 4.98 Å². The number of anilines is 1. The summed E-state index contributed by atoms with van der Waals surface area (Å²) in [5.74, 6) is 1.59. The molecule has 1 aromatic carbocycles. The molecule has 0 saturated heterocycles. The van der Waals surface area contributed by atoms with Crippen LogP contribution in [0.25, 0.3) is 0 Å². The summed E-state index contributed by atoms with van der Waals surface area (Å²) in [6.45, 7) is 0.981. The molecule has 0 atom stereocenters. The van der Waals surface area contributed by atoms with Crippen LogP contribution in [0.15, 0.2) is 23.6 Å². The molecule has 1 N–H and O–H groups in total. The van der Waals surface area contributed by atoms with E-state index in [1.54, 1.807) is 5.38 Å². The molecule has 0 unspecified atom stereocenters. The molecule has 2 aromatic rings. The SMILES string of the molecule is Clc1csc(NCc2ccc3c(c2)OCO3)n1. The lowest BCUT2D eigenvalue weighted by Gasteiger charge is -2.03. The second kappa shape index (κ2) is 4.43. The molecular weight excluding hydrogens is 260 g/mol. The topological polar surface area (TPSA) is 43.4 Å². The van der Waals surface area contributed by atoms with E-state index in [0.717, 1.165) is 22.2 Å². The zero-order valence-corrected chi connectivity index (χ0v) is 10.3. The normalized spacial score (nSPS) is 12.8. The van der Waals surface area contributed by atoms with Gasteiger partial charge in [0.1, 0.15) is 5.15 Å². The standard InChI is InChI=1S/C11H9ClN2O2S/c12-10-5-17-11(14-10)13-4-7-1-2-8-9(3-7)16-6-15-8/h1-3,5H,4,6H2,(H,13,14). The highest BCUT2D eigenvalue weighted by Crippen LogP contribution is 2.32. The second-order valence-electron chi connectivity index (χ2n) is 3.52. The van der Waals surface area contributed by atoms with Gasteiger partial charge in [0.2, 0.25) is 6.79 Å². The van der Waals surface area contributed by atoms with Crippen LogP contribution in [0.1, 0.15) is 5.56 Å². The molecule has 1 aromatic heterocycles. The van der Waals surface area contributed by atoms with Gasteiger partial charge >= 0.3 is 0 Å². The Morgan fingerprint density at radius 3 is 3.06 bits per heavy atom. The minimum absolute atomic E-state index is 0.300. The Hall–Kier alpha value is -1.46. The van der Waals surface area contributed by atoms with Crippen LogP contribution in [0.5, 0.6) is 11.5 Å². The Morgan fingerprint density at radius 1 is 1.35 bits per heavy atom. The molecule has 2 heterocycles. The summed E-state index contributed by atoms with van der Waals surface area (Å²) in [6, 6.07) is 5.87. The quantitative estimate of drug-likeness (QED) is 0.929. The third kappa shape index (κ3) is 2.30. The number of halogens is 1. The van der Waals surface area contributed by atoms with Gasteiger partial charge in [0.25, 0.3) is 0 Å². The largest absolute Gasteiger partial charge is 0.454 e. The van der Waals surface area contributed by atoms with Crippen molar-refractivity contribution in [2.24, 2.45) is 0 Å². The van der Waals surface area contributed by atoms with Gasteiger partial charge in [-0.15, -0.1) is 11.3 Å². The average Bonchev–Trinajstić information content (AvgIpc) is 2.94. The molecule has 0 bridgehead atoms. The summed E-state index contributed by atoms with van der Waals surface area (Å²) in [5.41, 5.74) is 1.11. The van der Waals surface area contributed by atoms with Crippen molar-refractivity contribution in [1.29, 1.82) is 0 Å². The zero-order valence-electron chi connectivity index (χ0n) is 8.77. The maximum atomic E-state index is 5.74. The fourth-order valence-electron chi connectivity index (χ4n) is 1.56. The smallest absolute Gasteiger partial charge is 0.231 e. The number of benzene rings is 1. The van der Waals surface area contributed by atoms with Crippen molar-refractivity contribution in [3.05, 3.63) is 34.3 Å². The predicted octanol–water partition coefficient (Wildman–Crippen LogP) is 3.14. The molecule has 0 amide bonds. The summed E-state index contributed by atoms with van der Waals surface area (Å²) >= 11 is 7.23. The molecule has 1 aliphatic rings. The fraction of sp³-hybridized carbons (Fsp3) is 0.182. The number of ether oxygens (including phenoxy) is 2. The monoisotopic (exact) mass is 268 g/mol. The molecule has 4 nitrogen and oxygen atoms in total. The van der Waals surface area contributed by atoms with E-state index in [9.17, 15) is 0 Å². The molecule has 6 heteroatoms. The van der Waals surface area contributed by atoms with Crippen LogP contribution in [-0.4, -0.2) is 11.8 Å². The van der Waals surface area contributed by atoms with E-state index >= 15 is 0 Å². The number of thiazole rings is 1. The first-order valence-electron chi connectivity index (χ1n) is 5.05. The molecule has 17 heavy (non-hydrogen) atoms. The van der Waals surface area contributed by atoms with Crippen LogP contribution in [0, 0.1) is 0 Å². The fourth-order valence-corrected chi connectivity index (χ4v) is 2.40. The molecule has 3 rings (SSSR count). The van der Waals surface area contributed by atoms with Crippen LogP contribution in [-0.2, 0) is 6.54 Å². The lowest BCUT2D eigenvalue weighted by Crippen LogP contribution is -1.98. The van der Waals surface area contributed by atoms with Crippen LogP contribution < -0.4 is 14.8 Å². The van der Waals surface area contributed by atoms with Gasteiger partial charge in [0.15, 0.2) is 16.6 Å². The lowest BCUT2D eigenvalue weighted by molar-refractivity contribution is 0.174.